The quantitative estimate of drug-likeness (QED) is 0.481. The predicted octanol–water partition coefficient (Wildman–Crippen LogP) is -1.12. The minimum atomic E-state index is -0.940. The Morgan fingerprint density at radius 2 is 1.73 bits per heavy atom. The van der Waals surface area contributed by atoms with Crippen molar-refractivity contribution < 1.29 is 20.1 Å². The number of hydrogen-bond acceptors (Lipinski definition) is 4. The third-order valence-electron chi connectivity index (χ3n) is 2.04. The van der Waals surface area contributed by atoms with Gasteiger partial charge in [-0.1, -0.05) is 6.92 Å². The zero-order chi connectivity index (χ0) is 8.43. The SMILES string of the molecule is CCC1OC(CO)[C@@H](O)C1O. The minimum Gasteiger partial charge on any atom is -0.394 e. The number of aliphatic hydroxyl groups is 3. The number of ether oxygens (including phenoxy) is 1. The molecule has 1 aliphatic heterocycles. The maximum atomic E-state index is 9.27. The van der Waals surface area contributed by atoms with E-state index in [0.717, 1.165) is 0 Å². The lowest BCUT2D eigenvalue weighted by Gasteiger charge is -2.11. The normalized spacial score (nSPS) is 44.7. The Bertz CT molecular complexity index is 110. The van der Waals surface area contributed by atoms with E-state index in [1.165, 1.54) is 0 Å². The maximum Gasteiger partial charge on any atom is 0.111 e. The van der Waals surface area contributed by atoms with Crippen molar-refractivity contribution in [3.05, 3.63) is 0 Å². The lowest BCUT2D eigenvalue weighted by Crippen LogP contribution is -2.33. The van der Waals surface area contributed by atoms with Gasteiger partial charge in [-0.2, -0.15) is 0 Å². The monoisotopic (exact) mass is 162 g/mol. The number of rotatable bonds is 2. The molecule has 0 saturated carbocycles. The molecular formula is C7H14O4. The largest absolute Gasteiger partial charge is 0.394 e. The van der Waals surface area contributed by atoms with Crippen LogP contribution in [0.2, 0.25) is 0 Å². The van der Waals surface area contributed by atoms with Crippen LogP contribution in [0.25, 0.3) is 0 Å². The van der Waals surface area contributed by atoms with E-state index >= 15 is 0 Å². The first-order valence-corrected chi connectivity index (χ1v) is 3.83. The van der Waals surface area contributed by atoms with Crippen molar-refractivity contribution >= 4 is 0 Å². The van der Waals surface area contributed by atoms with E-state index in [4.69, 9.17) is 9.84 Å². The molecular weight excluding hydrogens is 148 g/mol. The Hall–Kier alpha value is -0.160. The summed E-state index contributed by atoms with van der Waals surface area (Å²) in [6.07, 6.45) is -2.09. The fraction of sp³-hybridized carbons (Fsp3) is 1.00. The van der Waals surface area contributed by atoms with Crippen LogP contribution in [-0.4, -0.2) is 46.3 Å². The lowest BCUT2D eigenvalue weighted by atomic mass is 10.1. The molecule has 4 heteroatoms. The first-order chi connectivity index (χ1) is 5.20. The third kappa shape index (κ3) is 1.54. The van der Waals surface area contributed by atoms with Crippen molar-refractivity contribution in [3.8, 4) is 0 Å². The highest BCUT2D eigenvalue weighted by atomic mass is 16.6. The minimum absolute atomic E-state index is 0.241. The second-order valence-electron chi connectivity index (χ2n) is 2.78. The molecule has 1 heterocycles. The summed E-state index contributed by atoms with van der Waals surface area (Å²) < 4.78 is 5.13. The molecule has 3 N–H and O–H groups in total. The Morgan fingerprint density at radius 1 is 1.18 bits per heavy atom. The molecule has 0 spiro atoms. The first-order valence-electron chi connectivity index (χ1n) is 3.83. The van der Waals surface area contributed by atoms with E-state index in [2.05, 4.69) is 0 Å². The van der Waals surface area contributed by atoms with Crippen LogP contribution in [0.15, 0.2) is 0 Å². The van der Waals surface area contributed by atoms with Gasteiger partial charge in [0.05, 0.1) is 12.7 Å². The predicted molar refractivity (Wildman–Crippen MR) is 38.1 cm³/mol. The summed E-state index contributed by atoms with van der Waals surface area (Å²) >= 11 is 0. The average molecular weight is 162 g/mol. The second-order valence-corrected chi connectivity index (χ2v) is 2.78. The van der Waals surface area contributed by atoms with E-state index < -0.39 is 18.3 Å². The standard InChI is InChI=1S/C7H14O4/c1-2-4-6(9)7(10)5(3-8)11-4/h4-10H,2-3H2,1H3/t4?,5?,6?,7-/m1/s1. The highest BCUT2D eigenvalue weighted by molar-refractivity contribution is 4.89. The molecule has 0 amide bonds. The van der Waals surface area contributed by atoms with Crippen LogP contribution in [0.1, 0.15) is 13.3 Å². The molecule has 1 aliphatic rings. The van der Waals surface area contributed by atoms with E-state index in [-0.39, 0.29) is 12.7 Å². The number of hydrogen-bond donors (Lipinski definition) is 3. The van der Waals surface area contributed by atoms with Crippen LogP contribution in [0.3, 0.4) is 0 Å². The van der Waals surface area contributed by atoms with Gasteiger partial charge in [0.15, 0.2) is 0 Å². The van der Waals surface area contributed by atoms with Crippen LogP contribution < -0.4 is 0 Å². The maximum absolute atomic E-state index is 9.27. The molecule has 0 aromatic carbocycles. The van der Waals surface area contributed by atoms with E-state index in [9.17, 15) is 10.2 Å². The van der Waals surface area contributed by atoms with Gasteiger partial charge in [0.1, 0.15) is 18.3 Å². The topological polar surface area (TPSA) is 69.9 Å². The van der Waals surface area contributed by atoms with Gasteiger partial charge in [-0.3, -0.25) is 0 Å². The van der Waals surface area contributed by atoms with E-state index in [0.29, 0.717) is 6.42 Å². The van der Waals surface area contributed by atoms with Crippen LogP contribution >= 0.6 is 0 Å². The molecule has 4 nitrogen and oxygen atoms in total. The van der Waals surface area contributed by atoms with Gasteiger partial charge in [0.25, 0.3) is 0 Å². The van der Waals surface area contributed by atoms with Crippen LogP contribution in [-0.2, 0) is 4.74 Å². The van der Waals surface area contributed by atoms with Crippen molar-refractivity contribution in [3.63, 3.8) is 0 Å². The van der Waals surface area contributed by atoms with Gasteiger partial charge in [-0.25, -0.2) is 0 Å². The lowest BCUT2D eigenvalue weighted by molar-refractivity contribution is -0.0226. The number of aliphatic hydroxyl groups excluding tert-OH is 3. The molecule has 4 atom stereocenters. The molecule has 1 saturated heterocycles. The Balaban J connectivity index is 2.53. The van der Waals surface area contributed by atoms with Crippen molar-refractivity contribution in [1.29, 1.82) is 0 Å². The summed E-state index contributed by atoms with van der Waals surface area (Å²) in [6.45, 7) is 1.62. The molecule has 0 aromatic heterocycles. The molecule has 1 rings (SSSR count). The second kappa shape index (κ2) is 3.49. The van der Waals surface area contributed by atoms with Gasteiger partial charge >= 0.3 is 0 Å². The molecule has 0 aliphatic carbocycles. The Labute approximate surface area is 65.4 Å². The van der Waals surface area contributed by atoms with Crippen molar-refractivity contribution in [2.75, 3.05) is 6.61 Å². The van der Waals surface area contributed by atoms with Crippen LogP contribution in [0.4, 0.5) is 0 Å². The smallest absolute Gasteiger partial charge is 0.111 e. The summed E-state index contributed by atoms with van der Waals surface area (Å²) in [4.78, 5) is 0. The molecule has 0 radical (unpaired) electrons. The van der Waals surface area contributed by atoms with Gasteiger partial charge in [0, 0.05) is 0 Å². The molecule has 66 valence electrons. The van der Waals surface area contributed by atoms with Gasteiger partial charge < -0.3 is 20.1 Å². The summed E-state index contributed by atoms with van der Waals surface area (Å²) in [5.41, 5.74) is 0. The van der Waals surface area contributed by atoms with Crippen LogP contribution in [0.5, 0.6) is 0 Å². The Kier molecular flexibility index (Phi) is 2.84. The summed E-state index contributed by atoms with van der Waals surface area (Å²) in [6, 6.07) is 0. The van der Waals surface area contributed by atoms with E-state index in [1.807, 2.05) is 6.92 Å². The Morgan fingerprint density at radius 3 is 2.00 bits per heavy atom. The summed E-state index contributed by atoms with van der Waals surface area (Å²) in [5, 5.41) is 27.2. The third-order valence-corrected chi connectivity index (χ3v) is 2.04. The fourth-order valence-corrected chi connectivity index (χ4v) is 1.31. The van der Waals surface area contributed by atoms with E-state index in [1.54, 1.807) is 0 Å². The highest BCUT2D eigenvalue weighted by Crippen LogP contribution is 2.22. The molecule has 0 bridgehead atoms. The molecule has 0 aromatic rings. The van der Waals surface area contributed by atoms with Gasteiger partial charge in [-0.15, -0.1) is 0 Å². The van der Waals surface area contributed by atoms with Gasteiger partial charge in [-0.05, 0) is 6.42 Å². The molecule has 1 fully saturated rings. The van der Waals surface area contributed by atoms with Gasteiger partial charge in [0.2, 0.25) is 0 Å². The highest BCUT2D eigenvalue weighted by Gasteiger charge is 2.40. The zero-order valence-corrected chi connectivity index (χ0v) is 6.47. The van der Waals surface area contributed by atoms with Crippen molar-refractivity contribution in [2.24, 2.45) is 0 Å². The van der Waals surface area contributed by atoms with Crippen molar-refractivity contribution in [2.45, 2.75) is 37.8 Å². The molecule has 3 unspecified atom stereocenters. The molecule has 11 heavy (non-hydrogen) atoms. The average Bonchev–Trinajstić information content (AvgIpc) is 2.30. The van der Waals surface area contributed by atoms with Crippen molar-refractivity contribution in [1.82, 2.24) is 0 Å². The summed E-state index contributed by atoms with van der Waals surface area (Å²) in [5.74, 6) is 0. The van der Waals surface area contributed by atoms with Crippen LogP contribution in [0, 0.1) is 0 Å². The zero-order valence-electron chi connectivity index (χ0n) is 6.47. The summed E-state index contributed by atoms with van der Waals surface area (Å²) in [7, 11) is 0. The first kappa shape index (κ1) is 8.93. The fourth-order valence-electron chi connectivity index (χ4n) is 1.31.